The van der Waals surface area contributed by atoms with Gasteiger partial charge in [0.2, 0.25) is 0 Å². The summed E-state index contributed by atoms with van der Waals surface area (Å²) in [6.07, 6.45) is 3.66. The van der Waals surface area contributed by atoms with Crippen LogP contribution in [0.4, 0.5) is 8.78 Å². The minimum atomic E-state index is -0.619. The molecule has 20 heavy (non-hydrogen) atoms. The first-order chi connectivity index (χ1) is 9.72. The Hall–Kier alpha value is -1.95. The van der Waals surface area contributed by atoms with Crippen LogP contribution in [0, 0.1) is 11.6 Å². The SMILES string of the molecule is Fc1ccc(-c2ncnc3nc(C4CC4)sc23)c(F)c1. The summed E-state index contributed by atoms with van der Waals surface area (Å²) >= 11 is 1.51. The van der Waals surface area contributed by atoms with Crippen LogP contribution >= 0.6 is 11.3 Å². The average molecular weight is 289 g/mol. The standard InChI is InChI=1S/C14H9F2N3S/c15-8-3-4-9(10(16)5-8)11-12-13(18-6-17-11)19-14(20-12)7-1-2-7/h3-7H,1-2H2. The van der Waals surface area contributed by atoms with Gasteiger partial charge in [-0.3, -0.25) is 0 Å². The summed E-state index contributed by atoms with van der Waals surface area (Å²) < 4.78 is 27.7. The molecule has 0 radical (unpaired) electrons. The lowest BCUT2D eigenvalue weighted by Crippen LogP contribution is -1.91. The molecule has 0 aliphatic heterocycles. The molecule has 4 rings (SSSR count). The molecule has 0 amide bonds. The van der Waals surface area contributed by atoms with Crippen molar-refractivity contribution in [1.29, 1.82) is 0 Å². The van der Waals surface area contributed by atoms with E-state index in [4.69, 9.17) is 0 Å². The van der Waals surface area contributed by atoms with E-state index in [2.05, 4.69) is 15.0 Å². The van der Waals surface area contributed by atoms with E-state index in [0.717, 1.165) is 28.6 Å². The van der Waals surface area contributed by atoms with Crippen molar-refractivity contribution < 1.29 is 8.78 Å². The molecular weight excluding hydrogens is 280 g/mol. The highest BCUT2D eigenvalue weighted by Gasteiger charge is 2.28. The second kappa shape index (κ2) is 4.28. The van der Waals surface area contributed by atoms with Crippen molar-refractivity contribution in [3.05, 3.63) is 41.2 Å². The minimum Gasteiger partial charge on any atom is -0.235 e. The summed E-state index contributed by atoms with van der Waals surface area (Å²) in [5.74, 6) is -0.703. The summed E-state index contributed by atoms with van der Waals surface area (Å²) in [6.45, 7) is 0. The van der Waals surface area contributed by atoms with Crippen molar-refractivity contribution in [2.45, 2.75) is 18.8 Å². The van der Waals surface area contributed by atoms with Crippen LogP contribution in [0.25, 0.3) is 21.6 Å². The largest absolute Gasteiger partial charge is 0.235 e. The van der Waals surface area contributed by atoms with Crippen molar-refractivity contribution in [1.82, 2.24) is 15.0 Å². The fraction of sp³-hybridized carbons (Fsp3) is 0.214. The normalized spacial score (nSPS) is 14.9. The molecule has 6 heteroatoms. The molecule has 1 aromatic carbocycles. The molecule has 0 unspecified atom stereocenters. The van der Waals surface area contributed by atoms with E-state index in [1.807, 2.05) is 0 Å². The van der Waals surface area contributed by atoms with Gasteiger partial charge in [-0.15, -0.1) is 11.3 Å². The van der Waals surface area contributed by atoms with Crippen molar-refractivity contribution in [3.8, 4) is 11.3 Å². The first-order valence-corrected chi connectivity index (χ1v) is 7.11. The molecule has 0 bridgehead atoms. The van der Waals surface area contributed by atoms with Gasteiger partial charge in [0.1, 0.15) is 22.7 Å². The molecule has 2 heterocycles. The van der Waals surface area contributed by atoms with Crippen LogP contribution in [0.2, 0.25) is 0 Å². The van der Waals surface area contributed by atoms with E-state index in [-0.39, 0.29) is 5.56 Å². The zero-order valence-electron chi connectivity index (χ0n) is 10.3. The summed E-state index contributed by atoms with van der Waals surface area (Å²) in [5.41, 5.74) is 1.35. The molecule has 3 aromatic rings. The first-order valence-electron chi connectivity index (χ1n) is 6.29. The number of aromatic nitrogens is 3. The lowest BCUT2D eigenvalue weighted by atomic mass is 10.1. The Balaban J connectivity index is 1.94. The molecule has 1 aliphatic carbocycles. The lowest BCUT2D eigenvalue weighted by molar-refractivity contribution is 0.585. The molecule has 3 nitrogen and oxygen atoms in total. The topological polar surface area (TPSA) is 38.7 Å². The zero-order valence-corrected chi connectivity index (χ0v) is 11.1. The van der Waals surface area contributed by atoms with Gasteiger partial charge in [0, 0.05) is 17.5 Å². The number of halogens is 2. The Morgan fingerprint density at radius 3 is 2.75 bits per heavy atom. The predicted octanol–water partition coefficient (Wildman–Crippen LogP) is 3.91. The second-order valence-electron chi connectivity index (χ2n) is 4.83. The predicted molar refractivity (Wildman–Crippen MR) is 72.5 cm³/mol. The van der Waals surface area contributed by atoms with Crippen LogP contribution < -0.4 is 0 Å². The molecule has 0 atom stereocenters. The van der Waals surface area contributed by atoms with Crippen molar-refractivity contribution in [2.24, 2.45) is 0 Å². The van der Waals surface area contributed by atoms with Gasteiger partial charge in [-0.1, -0.05) is 0 Å². The average Bonchev–Trinajstić information content (AvgIpc) is 3.18. The minimum absolute atomic E-state index is 0.282. The Bertz CT molecular complexity index is 811. The van der Waals surface area contributed by atoms with E-state index in [1.54, 1.807) is 0 Å². The molecule has 1 aliphatic rings. The van der Waals surface area contributed by atoms with Gasteiger partial charge >= 0.3 is 0 Å². The Kier molecular flexibility index (Phi) is 2.53. The number of fused-ring (bicyclic) bond motifs is 1. The van der Waals surface area contributed by atoms with Gasteiger partial charge < -0.3 is 0 Å². The zero-order chi connectivity index (χ0) is 13.7. The molecule has 1 fully saturated rings. The molecule has 2 aromatic heterocycles. The van der Waals surface area contributed by atoms with E-state index >= 15 is 0 Å². The smallest absolute Gasteiger partial charge is 0.174 e. The number of thiazole rings is 1. The van der Waals surface area contributed by atoms with E-state index in [1.165, 1.54) is 29.8 Å². The summed E-state index contributed by atoms with van der Waals surface area (Å²) in [4.78, 5) is 12.8. The highest BCUT2D eigenvalue weighted by atomic mass is 32.1. The fourth-order valence-electron chi connectivity index (χ4n) is 2.15. The number of benzene rings is 1. The van der Waals surface area contributed by atoms with Crippen LogP contribution in [-0.2, 0) is 0 Å². The van der Waals surface area contributed by atoms with Crippen LogP contribution in [-0.4, -0.2) is 15.0 Å². The van der Waals surface area contributed by atoms with Crippen LogP contribution in [0.15, 0.2) is 24.5 Å². The molecule has 0 saturated heterocycles. The molecule has 0 N–H and O–H groups in total. The van der Waals surface area contributed by atoms with Crippen molar-refractivity contribution in [2.75, 3.05) is 0 Å². The summed E-state index contributed by atoms with van der Waals surface area (Å²) in [5, 5.41) is 1.03. The third kappa shape index (κ3) is 1.87. The van der Waals surface area contributed by atoms with Crippen molar-refractivity contribution >= 4 is 21.7 Å². The maximum Gasteiger partial charge on any atom is 0.174 e. The van der Waals surface area contributed by atoms with Gasteiger partial charge in [0.25, 0.3) is 0 Å². The van der Waals surface area contributed by atoms with Crippen LogP contribution in [0.1, 0.15) is 23.8 Å². The molecule has 1 saturated carbocycles. The maximum atomic E-state index is 13.9. The number of hydrogen-bond donors (Lipinski definition) is 0. The van der Waals surface area contributed by atoms with Gasteiger partial charge in [-0.25, -0.2) is 23.7 Å². The van der Waals surface area contributed by atoms with E-state index in [0.29, 0.717) is 17.3 Å². The fourth-order valence-corrected chi connectivity index (χ4v) is 3.34. The Morgan fingerprint density at radius 2 is 2.00 bits per heavy atom. The quantitative estimate of drug-likeness (QED) is 0.718. The van der Waals surface area contributed by atoms with Crippen molar-refractivity contribution in [3.63, 3.8) is 0 Å². The molecule has 0 spiro atoms. The van der Waals surface area contributed by atoms with Gasteiger partial charge in [0.05, 0.1) is 10.7 Å². The number of nitrogens with zero attached hydrogens (tertiary/aromatic N) is 3. The third-order valence-electron chi connectivity index (χ3n) is 3.32. The van der Waals surface area contributed by atoms with Gasteiger partial charge in [0.15, 0.2) is 5.65 Å². The Morgan fingerprint density at radius 1 is 1.15 bits per heavy atom. The van der Waals surface area contributed by atoms with Crippen LogP contribution in [0.5, 0.6) is 0 Å². The monoisotopic (exact) mass is 289 g/mol. The summed E-state index contributed by atoms with van der Waals surface area (Å²) in [7, 11) is 0. The second-order valence-corrected chi connectivity index (χ2v) is 5.86. The highest BCUT2D eigenvalue weighted by molar-refractivity contribution is 7.19. The number of rotatable bonds is 2. The lowest BCUT2D eigenvalue weighted by Gasteiger charge is -2.02. The van der Waals surface area contributed by atoms with E-state index in [9.17, 15) is 8.78 Å². The Labute approximate surface area is 117 Å². The third-order valence-corrected chi connectivity index (χ3v) is 4.53. The van der Waals surface area contributed by atoms with Gasteiger partial charge in [-0.05, 0) is 25.0 Å². The number of hydrogen-bond acceptors (Lipinski definition) is 4. The first kappa shape index (κ1) is 11.8. The molecule has 100 valence electrons. The van der Waals surface area contributed by atoms with E-state index < -0.39 is 11.6 Å². The van der Waals surface area contributed by atoms with Crippen LogP contribution in [0.3, 0.4) is 0 Å². The molecular formula is C14H9F2N3S. The maximum absolute atomic E-state index is 13.9. The van der Waals surface area contributed by atoms with Gasteiger partial charge in [-0.2, -0.15) is 0 Å². The summed E-state index contributed by atoms with van der Waals surface area (Å²) in [6, 6.07) is 3.50. The highest BCUT2D eigenvalue weighted by Crippen LogP contribution is 2.44.